The van der Waals surface area contributed by atoms with Crippen LogP contribution in [0.5, 0.6) is 0 Å². The topological polar surface area (TPSA) is 50.8 Å². The van der Waals surface area contributed by atoms with Gasteiger partial charge in [0.2, 0.25) is 0 Å². The molecule has 116 valence electrons. The standard InChI is InChI=1S/C15H28N2O3/c1-2-20-15(18)17-9-5-14(6-10-17)16-8-3-4-13-7-11-19-12-13/h13-14,16H,2-12H2,1H3/t13-/m0/s1. The average Bonchev–Trinajstić information content (AvgIpc) is 2.98. The van der Waals surface area contributed by atoms with Crippen molar-refractivity contribution < 1.29 is 14.3 Å². The summed E-state index contributed by atoms with van der Waals surface area (Å²) < 4.78 is 10.4. The summed E-state index contributed by atoms with van der Waals surface area (Å²) in [5.41, 5.74) is 0. The quantitative estimate of drug-likeness (QED) is 0.758. The van der Waals surface area contributed by atoms with Gasteiger partial charge < -0.3 is 19.7 Å². The van der Waals surface area contributed by atoms with E-state index in [1.807, 2.05) is 11.8 Å². The van der Waals surface area contributed by atoms with E-state index in [1.165, 1.54) is 19.3 Å². The maximum Gasteiger partial charge on any atom is 0.409 e. The third-order valence-electron chi connectivity index (χ3n) is 4.27. The third kappa shape index (κ3) is 4.94. The Morgan fingerprint density at radius 1 is 1.35 bits per heavy atom. The molecule has 1 amide bonds. The van der Waals surface area contributed by atoms with Crippen molar-refractivity contribution in [3.8, 4) is 0 Å². The van der Waals surface area contributed by atoms with Crippen molar-refractivity contribution in [3.05, 3.63) is 0 Å². The van der Waals surface area contributed by atoms with E-state index in [0.29, 0.717) is 12.6 Å². The number of nitrogens with one attached hydrogen (secondary N) is 1. The highest BCUT2D eigenvalue weighted by Crippen LogP contribution is 2.18. The fraction of sp³-hybridized carbons (Fsp3) is 0.933. The first kappa shape index (κ1) is 15.6. The van der Waals surface area contributed by atoms with Gasteiger partial charge in [-0.05, 0) is 51.5 Å². The minimum absolute atomic E-state index is 0.160. The summed E-state index contributed by atoms with van der Waals surface area (Å²) in [5.74, 6) is 0.780. The zero-order valence-corrected chi connectivity index (χ0v) is 12.6. The molecule has 0 saturated carbocycles. The van der Waals surface area contributed by atoms with Crippen molar-refractivity contribution in [1.29, 1.82) is 0 Å². The van der Waals surface area contributed by atoms with Gasteiger partial charge in [0, 0.05) is 32.3 Å². The maximum absolute atomic E-state index is 11.6. The number of piperidine rings is 1. The van der Waals surface area contributed by atoms with E-state index in [4.69, 9.17) is 9.47 Å². The van der Waals surface area contributed by atoms with Gasteiger partial charge in [-0.3, -0.25) is 0 Å². The maximum atomic E-state index is 11.6. The van der Waals surface area contributed by atoms with E-state index in [-0.39, 0.29) is 6.09 Å². The molecule has 0 bridgehead atoms. The minimum Gasteiger partial charge on any atom is -0.450 e. The highest BCUT2D eigenvalue weighted by atomic mass is 16.6. The molecule has 20 heavy (non-hydrogen) atoms. The highest BCUT2D eigenvalue weighted by molar-refractivity contribution is 5.67. The largest absolute Gasteiger partial charge is 0.450 e. The first-order valence-electron chi connectivity index (χ1n) is 8.02. The van der Waals surface area contributed by atoms with Crippen LogP contribution in [0, 0.1) is 5.92 Å². The molecule has 0 spiro atoms. The smallest absolute Gasteiger partial charge is 0.409 e. The number of hydrogen-bond acceptors (Lipinski definition) is 4. The number of amides is 1. The molecule has 1 N–H and O–H groups in total. The van der Waals surface area contributed by atoms with Crippen LogP contribution in [-0.2, 0) is 9.47 Å². The molecule has 5 heteroatoms. The summed E-state index contributed by atoms with van der Waals surface area (Å²) in [6, 6.07) is 0.556. The predicted molar refractivity (Wildman–Crippen MR) is 77.8 cm³/mol. The molecular formula is C15H28N2O3. The van der Waals surface area contributed by atoms with Gasteiger partial charge >= 0.3 is 6.09 Å². The van der Waals surface area contributed by atoms with Crippen LogP contribution in [0.4, 0.5) is 4.79 Å². The lowest BCUT2D eigenvalue weighted by atomic mass is 10.0. The fourth-order valence-electron chi connectivity index (χ4n) is 2.99. The normalized spacial score (nSPS) is 24.1. The molecule has 2 fully saturated rings. The molecule has 2 aliphatic heterocycles. The second kappa shape index (κ2) is 8.47. The van der Waals surface area contributed by atoms with Crippen molar-refractivity contribution in [3.63, 3.8) is 0 Å². The summed E-state index contributed by atoms with van der Waals surface area (Å²) in [6.07, 6.45) is 5.64. The molecule has 2 aliphatic rings. The first-order valence-corrected chi connectivity index (χ1v) is 8.02. The van der Waals surface area contributed by atoms with E-state index in [0.717, 1.165) is 51.6 Å². The molecule has 0 aliphatic carbocycles. The summed E-state index contributed by atoms with van der Waals surface area (Å²) in [4.78, 5) is 13.4. The van der Waals surface area contributed by atoms with Crippen molar-refractivity contribution in [1.82, 2.24) is 10.2 Å². The third-order valence-corrected chi connectivity index (χ3v) is 4.27. The zero-order chi connectivity index (χ0) is 14.2. The number of hydrogen-bond donors (Lipinski definition) is 1. The lowest BCUT2D eigenvalue weighted by Gasteiger charge is -2.31. The van der Waals surface area contributed by atoms with E-state index in [2.05, 4.69) is 5.32 Å². The zero-order valence-electron chi connectivity index (χ0n) is 12.6. The van der Waals surface area contributed by atoms with Crippen LogP contribution >= 0.6 is 0 Å². The Morgan fingerprint density at radius 3 is 2.80 bits per heavy atom. The van der Waals surface area contributed by atoms with E-state index in [9.17, 15) is 4.79 Å². The average molecular weight is 284 g/mol. The number of likely N-dealkylation sites (tertiary alicyclic amines) is 1. The van der Waals surface area contributed by atoms with E-state index in [1.54, 1.807) is 0 Å². The minimum atomic E-state index is -0.160. The SMILES string of the molecule is CCOC(=O)N1CCC(NCCC[C@H]2CCOC2)CC1. The number of ether oxygens (including phenoxy) is 2. The van der Waals surface area contributed by atoms with Gasteiger partial charge in [-0.2, -0.15) is 0 Å². The van der Waals surface area contributed by atoms with Gasteiger partial charge in [-0.1, -0.05) is 0 Å². The molecule has 5 nitrogen and oxygen atoms in total. The van der Waals surface area contributed by atoms with Crippen molar-refractivity contribution in [2.45, 2.75) is 45.1 Å². The summed E-state index contributed by atoms with van der Waals surface area (Å²) in [5, 5.41) is 3.62. The van der Waals surface area contributed by atoms with Crippen LogP contribution in [0.2, 0.25) is 0 Å². The molecule has 0 aromatic carbocycles. The predicted octanol–water partition coefficient (Wildman–Crippen LogP) is 2.01. The summed E-state index contributed by atoms with van der Waals surface area (Å²) >= 11 is 0. The molecule has 1 atom stereocenters. The van der Waals surface area contributed by atoms with Crippen LogP contribution in [0.25, 0.3) is 0 Å². The van der Waals surface area contributed by atoms with Crippen LogP contribution in [0.3, 0.4) is 0 Å². The summed E-state index contributed by atoms with van der Waals surface area (Å²) in [7, 11) is 0. The second-order valence-corrected chi connectivity index (χ2v) is 5.79. The van der Waals surface area contributed by atoms with Crippen LogP contribution in [0.1, 0.15) is 39.0 Å². The molecule has 2 saturated heterocycles. The van der Waals surface area contributed by atoms with Gasteiger partial charge in [0.25, 0.3) is 0 Å². The van der Waals surface area contributed by atoms with E-state index < -0.39 is 0 Å². The molecular weight excluding hydrogens is 256 g/mol. The lowest BCUT2D eigenvalue weighted by Crippen LogP contribution is -2.45. The molecule has 0 unspecified atom stereocenters. The van der Waals surface area contributed by atoms with Crippen LogP contribution in [-0.4, -0.2) is 56.5 Å². The first-order chi connectivity index (χ1) is 9.79. The van der Waals surface area contributed by atoms with Gasteiger partial charge in [0.1, 0.15) is 0 Å². The van der Waals surface area contributed by atoms with Crippen molar-refractivity contribution >= 4 is 6.09 Å². The molecule has 0 radical (unpaired) electrons. The molecule has 0 aromatic rings. The number of nitrogens with zero attached hydrogens (tertiary/aromatic N) is 1. The van der Waals surface area contributed by atoms with Gasteiger partial charge in [-0.15, -0.1) is 0 Å². The van der Waals surface area contributed by atoms with Crippen molar-refractivity contribution in [2.24, 2.45) is 5.92 Å². The Bertz CT molecular complexity index is 285. The Balaban J connectivity index is 1.52. The van der Waals surface area contributed by atoms with Gasteiger partial charge in [0.15, 0.2) is 0 Å². The van der Waals surface area contributed by atoms with Crippen molar-refractivity contribution in [2.75, 3.05) is 39.5 Å². The van der Waals surface area contributed by atoms with Gasteiger partial charge in [-0.25, -0.2) is 4.79 Å². The Labute approximate surface area is 122 Å². The van der Waals surface area contributed by atoms with E-state index >= 15 is 0 Å². The lowest BCUT2D eigenvalue weighted by molar-refractivity contribution is 0.0951. The van der Waals surface area contributed by atoms with Crippen LogP contribution in [0.15, 0.2) is 0 Å². The number of rotatable bonds is 6. The monoisotopic (exact) mass is 284 g/mol. The molecule has 2 rings (SSSR count). The Hall–Kier alpha value is -0.810. The second-order valence-electron chi connectivity index (χ2n) is 5.79. The number of carbonyl (C=O) groups is 1. The highest BCUT2D eigenvalue weighted by Gasteiger charge is 2.23. The Kier molecular flexibility index (Phi) is 6.60. The van der Waals surface area contributed by atoms with Crippen LogP contribution < -0.4 is 5.32 Å². The molecule has 2 heterocycles. The molecule has 0 aromatic heterocycles. The fourth-order valence-corrected chi connectivity index (χ4v) is 2.99. The van der Waals surface area contributed by atoms with Gasteiger partial charge in [0.05, 0.1) is 6.61 Å². The summed E-state index contributed by atoms with van der Waals surface area (Å²) in [6.45, 7) is 6.92. The Morgan fingerprint density at radius 2 is 2.15 bits per heavy atom. The number of carbonyl (C=O) groups excluding carboxylic acids is 1.